The number of benzene rings is 1. The van der Waals surface area contributed by atoms with Crippen molar-refractivity contribution in [3.8, 4) is 10.6 Å². The van der Waals surface area contributed by atoms with Crippen LogP contribution in [0.15, 0.2) is 58.6 Å². The standard InChI is InChI=1S/C21H22BrN3OS/c1-3-11-25(15(2)18-8-4-5-9-19(18)22)20(26)12-17-14-27-21(24-17)16-7-6-10-23-13-16/h4-10,13-15H,3,11-12H2,1-2H3. The average Bonchev–Trinajstić information content (AvgIpc) is 3.15. The van der Waals surface area contributed by atoms with Crippen LogP contribution in [-0.4, -0.2) is 27.3 Å². The molecule has 1 unspecified atom stereocenters. The van der Waals surface area contributed by atoms with Gasteiger partial charge >= 0.3 is 0 Å². The van der Waals surface area contributed by atoms with Crippen LogP contribution in [0.5, 0.6) is 0 Å². The Morgan fingerprint density at radius 3 is 2.78 bits per heavy atom. The number of hydrogen-bond acceptors (Lipinski definition) is 4. The molecule has 4 nitrogen and oxygen atoms in total. The molecule has 0 N–H and O–H groups in total. The van der Waals surface area contributed by atoms with Gasteiger partial charge in [-0.1, -0.05) is 41.1 Å². The summed E-state index contributed by atoms with van der Waals surface area (Å²) in [7, 11) is 0. The van der Waals surface area contributed by atoms with E-state index in [1.54, 1.807) is 23.7 Å². The number of nitrogens with zero attached hydrogens (tertiary/aromatic N) is 3. The molecular formula is C21H22BrN3OS. The number of pyridine rings is 1. The predicted molar refractivity (Wildman–Crippen MR) is 114 cm³/mol. The number of rotatable bonds is 7. The Morgan fingerprint density at radius 1 is 1.26 bits per heavy atom. The van der Waals surface area contributed by atoms with Crippen molar-refractivity contribution in [3.63, 3.8) is 0 Å². The molecule has 140 valence electrons. The highest BCUT2D eigenvalue weighted by Gasteiger charge is 2.23. The first-order valence-corrected chi connectivity index (χ1v) is 10.7. The molecule has 2 aromatic heterocycles. The Hall–Kier alpha value is -2.05. The molecule has 0 aliphatic rings. The maximum Gasteiger partial charge on any atom is 0.229 e. The number of amides is 1. The fraction of sp³-hybridized carbons (Fsp3) is 0.286. The Morgan fingerprint density at radius 2 is 2.07 bits per heavy atom. The molecule has 27 heavy (non-hydrogen) atoms. The zero-order valence-corrected chi connectivity index (χ0v) is 17.8. The predicted octanol–water partition coefficient (Wildman–Crippen LogP) is 5.51. The second-order valence-corrected chi connectivity index (χ2v) is 8.06. The van der Waals surface area contributed by atoms with Crippen molar-refractivity contribution in [2.75, 3.05) is 6.54 Å². The Labute approximate surface area is 172 Å². The highest BCUT2D eigenvalue weighted by molar-refractivity contribution is 9.10. The van der Waals surface area contributed by atoms with Gasteiger partial charge in [0.25, 0.3) is 0 Å². The first-order chi connectivity index (χ1) is 13.1. The summed E-state index contributed by atoms with van der Waals surface area (Å²) in [5.74, 6) is 0.100. The van der Waals surface area contributed by atoms with Crippen molar-refractivity contribution in [1.82, 2.24) is 14.9 Å². The van der Waals surface area contributed by atoms with E-state index >= 15 is 0 Å². The molecule has 0 radical (unpaired) electrons. The van der Waals surface area contributed by atoms with E-state index < -0.39 is 0 Å². The molecule has 1 atom stereocenters. The van der Waals surface area contributed by atoms with Gasteiger partial charge in [-0.05, 0) is 37.1 Å². The van der Waals surface area contributed by atoms with Crippen LogP contribution >= 0.6 is 27.3 Å². The third-order valence-electron chi connectivity index (χ3n) is 4.40. The second kappa shape index (κ2) is 9.24. The van der Waals surface area contributed by atoms with Crippen LogP contribution in [-0.2, 0) is 11.2 Å². The lowest BCUT2D eigenvalue weighted by Crippen LogP contribution is -2.35. The summed E-state index contributed by atoms with van der Waals surface area (Å²) in [6.45, 7) is 4.90. The SMILES string of the molecule is CCCN(C(=O)Cc1csc(-c2cccnc2)n1)C(C)c1ccccc1Br. The molecule has 2 heterocycles. The molecule has 0 aliphatic carbocycles. The van der Waals surface area contributed by atoms with E-state index in [2.05, 4.69) is 45.8 Å². The fourth-order valence-electron chi connectivity index (χ4n) is 3.02. The van der Waals surface area contributed by atoms with Gasteiger partial charge in [0.2, 0.25) is 5.91 Å². The summed E-state index contributed by atoms with van der Waals surface area (Å²) < 4.78 is 1.03. The summed E-state index contributed by atoms with van der Waals surface area (Å²) in [6.07, 6.45) is 4.76. The van der Waals surface area contributed by atoms with Crippen LogP contribution in [0.25, 0.3) is 10.6 Å². The summed E-state index contributed by atoms with van der Waals surface area (Å²) in [4.78, 5) is 23.8. The molecular weight excluding hydrogens is 422 g/mol. The molecule has 0 spiro atoms. The molecule has 1 amide bonds. The van der Waals surface area contributed by atoms with E-state index in [0.29, 0.717) is 6.42 Å². The minimum absolute atomic E-state index is 0.00412. The van der Waals surface area contributed by atoms with Crippen LogP contribution in [0.2, 0.25) is 0 Å². The number of carbonyl (C=O) groups excluding carboxylic acids is 1. The first-order valence-electron chi connectivity index (χ1n) is 8.98. The number of thiazole rings is 1. The van der Waals surface area contributed by atoms with Gasteiger partial charge in [0.05, 0.1) is 18.2 Å². The minimum Gasteiger partial charge on any atom is -0.336 e. The second-order valence-electron chi connectivity index (χ2n) is 6.35. The van der Waals surface area contributed by atoms with E-state index in [0.717, 1.165) is 39.3 Å². The summed E-state index contributed by atoms with van der Waals surface area (Å²) in [5.41, 5.74) is 2.91. The van der Waals surface area contributed by atoms with E-state index in [1.807, 2.05) is 40.6 Å². The van der Waals surface area contributed by atoms with E-state index in [-0.39, 0.29) is 11.9 Å². The summed E-state index contributed by atoms with van der Waals surface area (Å²) in [5, 5.41) is 2.86. The molecule has 0 bridgehead atoms. The monoisotopic (exact) mass is 443 g/mol. The van der Waals surface area contributed by atoms with Gasteiger partial charge in [0.1, 0.15) is 5.01 Å². The van der Waals surface area contributed by atoms with Gasteiger partial charge < -0.3 is 4.90 Å². The van der Waals surface area contributed by atoms with Crippen LogP contribution < -0.4 is 0 Å². The molecule has 0 saturated carbocycles. The van der Waals surface area contributed by atoms with Gasteiger partial charge in [0, 0.05) is 34.4 Å². The van der Waals surface area contributed by atoms with Crippen molar-refractivity contribution in [2.24, 2.45) is 0 Å². The number of hydrogen-bond donors (Lipinski definition) is 0. The molecule has 1 aromatic carbocycles. The molecule has 6 heteroatoms. The molecule has 0 aliphatic heterocycles. The summed E-state index contributed by atoms with van der Waals surface area (Å²) in [6, 6.07) is 12.0. The topological polar surface area (TPSA) is 46.1 Å². The molecule has 3 rings (SSSR count). The van der Waals surface area contributed by atoms with Crippen molar-refractivity contribution < 1.29 is 4.79 Å². The largest absolute Gasteiger partial charge is 0.336 e. The Bertz CT molecular complexity index is 897. The van der Waals surface area contributed by atoms with E-state index in [1.165, 1.54) is 0 Å². The van der Waals surface area contributed by atoms with Crippen molar-refractivity contribution in [2.45, 2.75) is 32.7 Å². The summed E-state index contributed by atoms with van der Waals surface area (Å²) >= 11 is 5.15. The van der Waals surface area contributed by atoms with Crippen molar-refractivity contribution in [1.29, 1.82) is 0 Å². The fourth-order valence-corrected chi connectivity index (χ4v) is 4.45. The third-order valence-corrected chi connectivity index (χ3v) is 6.06. The molecule has 0 saturated heterocycles. The van der Waals surface area contributed by atoms with Gasteiger partial charge in [-0.25, -0.2) is 4.98 Å². The average molecular weight is 444 g/mol. The lowest BCUT2D eigenvalue weighted by molar-refractivity contribution is -0.132. The van der Waals surface area contributed by atoms with Gasteiger partial charge in [-0.2, -0.15) is 0 Å². The Kier molecular flexibility index (Phi) is 6.74. The Balaban J connectivity index is 1.76. The van der Waals surface area contributed by atoms with Gasteiger partial charge in [-0.3, -0.25) is 9.78 Å². The first kappa shape index (κ1) is 19.7. The molecule has 3 aromatic rings. The third kappa shape index (κ3) is 4.82. The van der Waals surface area contributed by atoms with Gasteiger partial charge in [0.15, 0.2) is 0 Å². The smallest absolute Gasteiger partial charge is 0.229 e. The van der Waals surface area contributed by atoms with Gasteiger partial charge in [-0.15, -0.1) is 11.3 Å². The highest BCUT2D eigenvalue weighted by Crippen LogP contribution is 2.29. The quantitative estimate of drug-likeness (QED) is 0.483. The van der Waals surface area contributed by atoms with Crippen LogP contribution in [0.1, 0.15) is 37.6 Å². The maximum absolute atomic E-state index is 13.0. The highest BCUT2D eigenvalue weighted by atomic mass is 79.9. The number of aromatic nitrogens is 2. The van der Waals surface area contributed by atoms with Crippen LogP contribution in [0.3, 0.4) is 0 Å². The lowest BCUT2D eigenvalue weighted by Gasteiger charge is -2.30. The van der Waals surface area contributed by atoms with E-state index in [4.69, 9.17) is 0 Å². The van der Waals surface area contributed by atoms with Crippen molar-refractivity contribution in [3.05, 3.63) is 69.9 Å². The number of carbonyl (C=O) groups is 1. The molecule has 0 fully saturated rings. The number of halogens is 1. The van der Waals surface area contributed by atoms with Crippen LogP contribution in [0, 0.1) is 0 Å². The van der Waals surface area contributed by atoms with E-state index in [9.17, 15) is 4.79 Å². The zero-order chi connectivity index (χ0) is 19.2. The van der Waals surface area contributed by atoms with Crippen LogP contribution in [0.4, 0.5) is 0 Å². The maximum atomic E-state index is 13.0. The lowest BCUT2D eigenvalue weighted by atomic mass is 10.1. The zero-order valence-electron chi connectivity index (χ0n) is 15.4. The van der Waals surface area contributed by atoms with Crippen molar-refractivity contribution >= 4 is 33.2 Å². The minimum atomic E-state index is 0.00412. The normalized spacial score (nSPS) is 12.0.